The Bertz CT molecular complexity index is 1470. The van der Waals surface area contributed by atoms with Gasteiger partial charge in [-0.2, -0.15) is 5.10 Å². The third kappa shape index (κ3) is 3.61. The van der Waals surface area contributed by atoms with Crippen molar-refractivity contribution in [1.82, 2.24) is 20.5 Å². The van der Waals surface area contributed by atoms with Crippen LogP contribution in [0, 0.1) is 5.82 Å². The fourth-order valence-electron chi connectivity index (χ4n) is 4.31. The minimum Gasteiger partial charge on any atom is -0.353 e. The molecule has 0 saturated heterocycles. The Labute approximate surface area is 185 Å². The Morgan fingerprint density at radius 1 is 1.12 bits per heavy atom. The Kier molecular flexibility index (Phi) is 5.33. The van der Waals surface area contributed by atoms with E-state index in [1.165, 1.54) is 11.6 Å². The third-order valence-electron chi connectivity index (χ3n) is 6.00. The predicted molar refractivity (Wildman–Crippen MR) is 130 cm³/mol. The van der Waals surface area contributed by atoms with Crippen LogP contribution < -0.4 is 15.9 Å². The Balaban J connectivity index is 1.66. The maximum atomic E-state index is 14.5. The highest BCUT2D eigenvalue weighted by molar-refractivity contribution is 5.98. The van der Waals surface area contributed by atoms with E-state index < -0.39 is 0 Å². The second-order valence-corrected chi connectivity index (χ2v) is 7.97. The number of rotatable bonds is 4. The van der Waals surface area contributed by atoms with Crippen molar-refractivity contribution in [2.75, 3.05) is 13.1 Å². The summed E-state index contributed by atoms with van der Waals surface area (Å²) in [6.45, 7) is 8.13. The molecule has 0 aliphatic carbocycles. The maximum absolute atomic E-state index is 14.5. The number of hydrogen-bond donors (Lipinski definition) is 3. The van der Waals surface area contributed by atoms with Crippen molar-refractivity contribution in [3.63, 3.8) is 0 Å². The van der Waals surface area contributed by atoms with Gasteiger partial charge in [0.15, 0.2) is 0 Å². The summed E-state index contributed by atoms with van der Waals surface area (Å²) in [4.78, 5) is 3.48. The van der Waals surface area contributed by atoms with Gasteiger partial charge in [-0.05, 0) is 60.9 Å². The van der Waals surface area contributed by atoms with Crippen molar-refractivity contribution in [1.29, 1.82) is 0 Å². The van der Waals surface area contributed by atoms with E-state index in [1.807, 2.05) is 43.3 Å². The van der Waals surface area contributed by atoms with E-state index in [-0.39, 0.29) is 5.82 Å². The summed E-state index contributed by atoms with van der Waals surface area (Å²) < 4.78 is 14.5. The monoisotopic (exact) mass is 424 g/mol. The number of halogens is 1. The zero-order valence-corrected chi connectivity index (χ0v) is 18.0. The smallest absolute Gasteiger partial charge is 0.131 e. The fourth-order valence-corrected chi connectivity index (χ4v) is 4.31. The molecule has 0 atom stereocenters. The number of benzene rings is 2. The lowest BCUT2D eigenvalue weighted by Gasteiger charge is -2.13. The molecule has 3 heterocycles. The number of nitrogens with zero attached hydrogens (tertiary/aromatic N) is 1. The summed E-state index contributed by atoms with van der Waals surface area (Å²) in [5, 5.41) is 14.0. The molecular formula is C27H25FN4. The van der Waals surface area contributed by atoms with Crippen LogP contribution >= 0.6 is 0 Å². The van der Waals surface area contributed by atoms with Gasteiger partial charge in [0.25, 0.3) is 0 Å². The fraction of sp³-hybridized carbons (Fsp3) is 0.148. The molecule has 0 saturated carbocycles. The quantitative estimate of drug-likeness (QED) is 0.454. The summed E-state index contributed by atoms with van der Waals surface area (Å²) in [5.74, 6) is -0.231. The Hall–Kier alpha value is -3.70. The first-order valence-electron chi connectivity index (χ1n) is 10.8. The summed E-state index contributed by atoms with van der Waals surface area (Å²) in [5.41, 5.74) is 6.35. The second-order valence-electron chi connectivity index (χ2n) is 7.97. The first kappa shape index (κ1) is 20.2. The van der Waals surface area contributed by atoms with Crippen LogP contribution in [0.4, 0.5) is 4.39 Å². The zero-order chi connectivity index (χ0) is 22.1. The van der Waals surface area contributed by atoms with Gasteiger partial charge in [-0.1, -0.05) is 49.1 Å². The third-order valence-corrected chi connectivity index (χ3v) is 6.00. The van der Waals surface area contributed by atoms with E-state index in [0.717, 1.165) is 63.5 Å². The number of hydrogen-bond acceptors (Lipinski definition) is 2. The summed E-state index contributed by atoms with van der Waals surface area (Å²) in [6.07, 6.45) is 7.28. The lowest BCUT2D eigenvalue weighted by Crippen LogP contribution is -2.25. The number of aromatic nitrogens is 3. The van der Waals surface area contributed by atoms with Gasteiger partial charge >= 0.3 is 0 Å². The van der Waals surface area contributed by atoms with Gasteiger partial charge in [-0.3, -0.25) is 5.10 Å². The molecule has 5 heteroatoms. The molecule has 5 rings (SSSR count). The lowest BCUT2D eigenvalue weighted by atomic mass is 10.00. The van der Waals surface area contributed by atoms with Gasteiger partial charge in [-0.25, -0.2) is 4.39 Å². The standard InChI is InChI=1S/C27H25FN4/c1-3-24-22(15-17(2)18-11-13-29-14-12-18)27(32-31-24)26-16-21-19(8-6-10-25(21)30-26)20-7-4-5-9-23(20)28/h3-11,15-16,29-31H,2,12-14H2,1H3/b22-15+,24-3+. The highest BCUT2D eigenvalue weighted by atomic mass is 19.1. The van der Waals surface area contributed by atoms with Crippen molar-refractivity contribution in [2.24, 2.45) is 0 Å². The largest absolute Gasteiger partial charge is 0.353 e. The van der Waals surface area contributed by atoms with E-state index in [2.05, 4.69) is 45.3 Å². The maximum Gasteiger partial charge on any atom is 0.131 e. The Morgan fingerprint density at radius 3 is 2.75 bits per heavy atom. The van der Waals surface area contributed by atoms with Crippen molar-refractivity contribution in [2.45, 2.75) is 13.3 Å². The van der Waals surface area contributed by atoms with Crippen LogP contribution in [0.2, 0.25) is 0 Å². The van der Waals surface area contributed by atoms with Gasteiger partial charge < -0.3 is 10.3 Å². The molecule has 160 valence electrons. The molecular weight excluding hydrogens is 399 g/mol. The van der Waals surface area contributed by atoms with Crippen LogP contribution in [0.1, 0.15) is 13.3 Å². The number of nitrogens with one attached hydrogen (secondary N) is 3. The number of aromatic amines is 2. The molecule has 0 radical (unpaired) electrons. The second kappa shape index (κ2) is 8.44. The van der Waals surface area contributed by atoms with E-state index in [1.54, 1.807) is 6.07 Å². The first-order valence-corrected chi connectivity index (χ1v) is 10.8. The minimum atomic E-state index is -0.231. The average molecular weight is 425 g/mol. The topological polar surface area (TPSA) is 56.5 Å². The number of allylic oxidation sites excluding steroid dienone is 1. The first-order chi connectivity index (χ1) is 15.7. The zero-order valence-electron chi connectivity index (χ0n) is 18.0. The van der Waals surface area contributed by atoms with Gasteiger partial charge in [0, 0.05) is 28.2 Å². The van der Waals surface area contributed by atoms with Crippen LogP contribution in [0.15, 0.2) is 72.3 Å². The molecule has 2 aromatic heterocycles. The summed E-state index contributed by atoms with van der Waals surface area (Å²) in [7, 11) is 0. The molecule has 0 unspecified atom stereocenters. The molecule has 3 N–H and O–H groups in total. The summed E-state index contributed by atoms with van der Waals surface area (Å²) >= 11 is 0. The number of fused-ring (bicyclic) bond motifs is 1. The highest BCUT2D eigenvalue weighted by Crippen LogP contribution is 2.32. The SMILES string of the molecule is C=C(/C=c1/c(-c2cc3c(-c4ccccc4F)cccc3[nH]2)n[nH]/c1=C/C)C1=CCNCC1. The molecule has 0 spiro atoms. The van der Waals surface area contributed by atoms with Crippen molar-refractivity contribution < 1.29 is 4.39 Å². The van der Waals surface area contributed by atoms with Crippen molar-refractivity contribution >= 4 is 23.1 Å². The number of H-pyrrole nitrogens is 2. The molecule has 0 fully saturated rings. The molecule has 1 aliphatic rings. The van der Waals surface area contributed by atoms with Gasteiger partial charge in [0.05, 0.1) is 11.0 Å². The predicted octanol–water partition coefficient (Wildman–Crippen LogP) is 4.42. The molecule has 1 aliphatic heterocycles. The van der Waals surface area contributed by atoms with Crippen LogP contribution in [-0.4, -0.2) is 28.3 Å². The molecule has 0 amide bonds. The van der Waals surface area contributed by atoms with Gasteiger partial charge in [-0.15, -0.1) is 0 Å². The average Bonchev–Trinajstić information content (AvgIpc) is 3.43. The van der Waals surface area contributed by atoms with E-state index in [4.69, 9.17) is 0 Å². The van der Waals surface area contributed by atoms with Crippen molar-refractivity contribution in [3.05, 3.63) is 88.7 Å². The summed E-state index contributed by atoms with van der Waals surface area (Å²) in [6, 6.07) is 14.8. The van der Waals surface area contributed by atoms with Gasteiger partial charge in [0.1, 0.15) is 11.5 Å². The molecule has 4 aromatic rings. The van der Waals surface area contributed by atoms with E-state index >= 15 is 0 Å². The highest BCUT2D eigenvalue weighted by Gasteiger charge is 2.14. The van der Waals surface area contributed by atoms with Crippen LogP contribution in [0.25, 0.3) is 45.6 Å². The minimum absolute atomic E-state index is 0.231. The van der Waals surface area contributed by atoms with E-state index in [0.29, 0.717) is 5.56 Å². The molecule has 4 nitrogen and oxygen atoms in total. The normalized spacial score (nSPS) is 15.4. The molecule has 0 bridgehead atoms. The van der Waals surface area contributed by atoms with Crippen LogP contribution in [-0.2, 0) is 0 Å². The Morgan fingerprint density at radius 2 is 1.97 bits per heavy atom. The van der Waals surface area contributed by atoms with Crippen molar-refractivity contribution in [3.8, 4) is 22.5 Å². The molecule has 2 aromatic carbocycles. The van der Waals surface area contributed by atoms with Gasteiger partial charge in [0.2, 0.25) is 0 Å². The van der Waals surface area contributed by atoms with Crippen LogP contribution in [0.3, 0.4) is 0 Å². The van der Waals surface area contributed by atoms with Crippen LogP contribution in [0.5, 0.6) is 0 Å². The van der Waals surface area contributed by atoms with E-state index in [9.17, 15) is 4.39 Å². The molecule has 32 heavy (non-hydrogen) atoms. The lowest BCUT2D eigenvalue weighted by molar-refractivity contribution is 0.631.